The number of rotatable bonds is 7. The summed E-state index contributed by atoms with van der Waals surface area (Å²) in [5.41, 5.74) is 0.241. The summed E-state index contributed by atoms with van der Waals surface area (Å²) in [7, 11) is 0. The molecule has 0 aromatic heterocycles. The average molecular weight is 610 g/mol. The van der Waals surface area contributed by atoms with Gasteiger partial charge in [0.15, 0.2) is 0 Å². The first-order chi connectivity index (χ1) is 20.1. The molecule has 8 nitrogen and oxygen atoms in total. The second kappa shape index (κ2) is 11.0. The summed E-state index contributed by atoms with van der Waals surface area (Å²) in [6.45, 7) is 17.5. The van der Waals surface area contributed by atoms with Gasteiger partial charge in [-0.25, -0.2) is 0 Å². The number of aliphatic hydroxyl groups excluding tert-OH is 1. The van der Waals surface area contributed by atoms with Crippen molar-refractivity contribution in [2.75, 3.05) is 31.2 Å². The van der Waals surface area contributed by atoms with Gasteiger partial charge in [-0.2, -0.15) is 0 Å². The average Bonchev–Trinajstić information content (AvgIpc) is 3.19. The normalized spacial score (nSPS) is 31.5. The molecule has 6 atom stereocenters. The van der Waals surface area contributed by atoms with Crippen molar-refractivity contribution in [1.82, 2.24) is 9.80 Å². The van der Waals surface area contributed by atoms with Crippen LogP contribution in [0.1, 0.15) is 61.8 Å². The topological polar surface area (TPSA) is 90.4 Å². The van der Waals surface area contributed by atoms with Gasteiger partial charge in [0.05, 0.1) is 35.8 Å². The first-order valence-corrected chi connectivity index (χ1v) is 16.3. The van der Waals surface area contributed by atoms with Crippen molar-refractivity contribution >= 4 is 35.2 Å². The summed E-state index contributed by atoms with van der Waals surface area (Å²) in [6, 6.07) is 6.05. The van der Waals surface area contributed by atoms with Crippen LogP contribution in [0.5, 0.6) is 5.75 Å². The minimum absolute atomic E-state index is 0.0199. The molecule has 1 unspecified atom stereocenters. The zero-order valence-corrected chi connectivity index (χ0v) is 27.6. The molecule has 5 rings (SSSR count). The monoisotopic (exact) mass is 609 g/mol. The largest absolute Gasteiger partial charge is 0.494 e. The van der Waals surface area contributed by atoms with E-state index in [9.17, 15) is 19.5 Å². The highest BCUT2D eigenvalue weighted by atomic mass is 32.2. The second-order valence-corrected chi connectivity index (χ2v) is 16.2. The van der Waals surface area contributed by atoms with Crippen molar-refractivity contribution < 1.29 is 24.2 Å². The van der Waals surface area contributed by atoms with E-state index >= 15 is 0 Å². The van der Waals surface area contributed by atoms with Gasteiger partial charge in [0.2, 0.25) is 17.7 Å². The number of fused-ring (bicyclic) bond motifs is 2. The molecule has 43 heavy (non-hydrogen) atoms. The van der Waals surface area contributed by atoms with E-state index < -0.39 is 39.0 Å². The van der Waals surface area contributed by atoms with Crippen LogP contribution >= 0.6 is 11.8 Å². The third-order valence-electron chi connectivity index (χ3n) is 9.39. The molecule has 0 aliphatic carbocycles. The van der Waals surface area contributed by atoms with Gasteiger partial charge < -0.3 is 24.5 Å². The Kier molecular flexibility index (Phi) is 8.08. The van der Waals surface area contributed by atoms with E-state index in [0.717, 1.165) is 17.9 Å². The highest BCUT2D eigenvalue weighted by Crippen LogP contribution is 2.66. The smallest absolute Gasteiger partial charge is 0.247 e. The molecule has 234 valence electrons. The summed E-state index contributed by atoms with van der Waals surface area (Å²) < 4.78 is 3.95. The third-order valence-corrected chi connectivity index (χ3v) is 11.2. The van der Waals surface area contributed by atoms with Gasteiger partial charge in [-0.05, 0) is 70.7 Å². The maximum Gasteiger partial charge on any atom is 0.247 e. The molecule has 2 fully saturated rings. The van der Waals surface area contributed by atoms with E-state index in [4.69, 9.17) is 4.74 Å². The van der Waals surface area contributed by atoms with Crippen LogP contribution in [-0.2, 0) is 14.4 Å². The van der Waals surface area contributed by atoms with Crippen molar-refractivity contribution in [3.05, 3.63) is 48.6 Å². The summed E-state index contributed by atoms with van der Waals surface area (Å²) in [6.07, 6.45) is 8.92. The molecule has 3 amide bonds. The lowest BCUT2D eigenvalue weighted by atomic mass is 9.74. The molecule has 4 heterocycles. The molecule has 4 aliphatic heterocycles. The Hall–Kier alpha value is -2.78. The molecule has 1 spiro atoms. The van der Waals surface area contributed by atoms with E-state index in [0.29, 0.717) is 19.7 Å². The van der Waals surface area contributed by atoms with Crippen molar-refractivity contribution in [1.29, 1.82) is 0 Å². The van der Waals surface area contributed by atoms with E-state index in [1.54, 1.807) is 28.5 Å². The number of hydrogen-bond donors (Lipinski definition) is 1. The van der Waals surface area contributed by atoms with E-state index in [1.807, 2.05) is 61.2 Å². The van der Waals surface area contributed by atoms with Gasteiger partial charge in [0.25, 0.3) is 0 Å². The number of carbonyl (C=O) groups is 3. The van der Waals surface area contributed by atoms with Crippen LogP contribution in [0.15, 0.2) is 48.6 Å². The first-order valence-electron chi connectivity index (χ1n) is 15.4. The number of ether oxygens (including phenoxy) is 1. The zero-order chi connectivity index (χ0) is 31.5. The Bertz CT molecular complexity index is 1330. The number of hydrogen-bond acceptors (Lipinski definition) is 6. The van der Waals surface area contributed by atoms with Gasteiger partial charge >= 0.3 is 0 Å². The van der Waals surface area contributed by atoms with Crippen LogP contribution < -0.4 is 9.64 Å². The Balaban J connectivity index is 1.60. The molecule has 2 saturated heterocycles. The third kappa shape index (κ3) is 5.20. The molecule has 1 aromatic carbocycles. The summed E-state index contributed by atoms with van der Waals surface area (Å²) in [5.74, 6) is -1.22. The lowest BCUT2D eigenvalue weighted by molar-refractivity contribution is -0.148. The molecular formula is C34H47N3O5S. The number of thioether (sulfide) groups is 1. The molecule has 0 radical (unpaired) electrons. The van der Waals surface area contributed by atoms with Gasteiger partial charge in [0, 0.05) is 29.1 Å². The minimum atomic E-state index is -0.953. The molecule has 1 aromatic rings. The number of benzene rings is 1. The second-order valence-electron chi connectivity index (χ2n) is 14.5. The fraction of sp³-hybridized carbons (Fsp3) is 0.618. The standard InChI is InChI=1S/C34H47N3O5S/c1-9-42-24-14-12-23(13-15-24)35-18-10-16-33(8)25(28(35)39)26-29(40)37(22(2)20-38)27-30(41)36(19-11-17-34(26,27)43-33)32(6,7)21-31(3,4)5/h10-17,22,25-27,38H,9,18-21H2,1-8H3/t22-,25-,26+,27?,33+,34+/m1/s1. The lowest BCUT2D eigenvalue weighted by Gasteiger charge is -2.45. The molecule has 9 heteroatoms. The molecular weight excluding hydrogens is 562 g/mol. The fourth-order valence-electron chi connectivity index (χ4n) is 8.08. The van der Waals surface area contributed by atoms with Crippen molar-refractivity contribution in [3.8, 4) is 5.75 Å². The van der Waals surface area contributed by atoms with Crippen LogP contribution in [0.4, 0.5) is 5.69 Å². The molecule has 0 bridgehead atoms. The maximum absolute atomic E-state index is 14.8. The van der Waals surface area contributed by atoms with Crippen LogP contribution in [0, 0.1) is 17.3 Å². The number of amides is 3. The van der Waals surface area contributed by atoms with Gasteiger partial charge in [-0.3, -0.25) is 14.4 Å². The quantitative estimate of drug-likeness (QED) is 0.452. The number of aliphatic hydroxyl groups is 1. The van der Waals surface area contributed by atoms with E-state index in [-0.39, 0.29) is 29.7 Å². The lowest BCUT2D eigenvalue weighted by Crippen LogP contribution is -2.60. The van der Waals surface area contributed by atoms with Gasteiger partial charge in [0.1, 0.15) is 11.8 Å². The van der Waals surface area contributed by atoms with Gasteiger partial charge in [-0.1, -0.05) is 45.1 Å². The maximum atomic E-state index is 14.8. The van der Waals surface area contributed by atoms with Crippen molar-refractivity contribution in [2.24, 2.45) is 17.3 Å². The Morgan fingerprint density at radius 3 is 2.23 bits per heavy atom. The number of anilines is 1. The minimum Gasteiger partial charge on any atom is -0.494 e. The summed E-state index contributed by atoms with van der Waals surface area (Å²) in [5, 5.41) is 10.3. The predicted octanol–water partition coefficient (Wildman–Crippen LogP) is 4.67. The van der Waals surface area contributed by atoms with Crippen LogP contribution in [0.25, 0.3) is 0 Å². The van der Waals surface area contributed by atoms with Crippen LogP contribution in [0.2, 0.25) is 0 Å². The fourth-order valence-corrected chi connectivity index (χ4v) is 10.2. The number of carbonyl (C=O) groups excluding carboxylic acids is 3. The van der Waals surface area contributed by atoms with Gasteiger partial charge in [-0.15, -0.1) is 11.8 Å². The Morgan fingerprint density at radius 1 is 0.977 bits per heavy atom. The number of nitrogens with zero attached hydrogens (tertiary/aromatic N) is 3. The SMILES string of the molecule is CCOc1ccc(N2CC=C[C@]3(C)S[C@]45C=CCN(C(C)(C)CC(C)(C)C)C(=O)C4N([C@H](C)CO)C(=O)[C@@H]5[C@@H]3C2=O)cc1. The Labute approximate surface area is 260 Å². The van der Waals surface area contributed by atoms with Crippen molar-refractivity contribution in [3.63, 3.8) is 0 Å². The highest BCUT2D eigenvalue weighted by molar-refractivity contribution is 8.02. The molecule has 1 N–H and O–H groups in total. The van der Waals surface area contributed by atoms with Crippen LogP contribution in [0.3, 0.4) is 0 Å². The van der Waals surface area contributed by atoms with Crippen molar-refractivity contribution in [2.45, 2.75) is 88.9 Å². The van der Waals surface area contributed by atoms with Crippen LogP contribution in [-0.4, -0.2) is 86.0 Å². The molecule has 4 aliphatic rings. The summed E-state index contributed by atoms with van der Waals surface area (Å²) in [4.78, 5) is 49.2. The summed E-state index contributed by atoms with van der Waals surface area (Å²) >= 11 is 1.57. The van der Waals surface area contributed by atoms with E-state index in [1.165, 1.54) is 0 Å². The first kappa shape index (κ1) is 31.6. The zero-order valence-electron chi connectivity index (χ0n) is 26.8. The van der Waals surface area contributed by atoms with E-state index in [2.05, 4.69) is 40.7 Å². The highest BCUT2D eigenvalue weighted by Gasteiger charge is 2.74. The Morgan fingerprint density at radius 2 is 1.63 bits per heavy atom. The number of likely N-dealkylation sites (tertiary alicyclic amines) is 1. The molecule has 0 saturated carbocycles. The predicted molar refractivity (Wildman–Crippen MR) is 171 cm³/mol.